The zero-order valence-corrected chi connectivity index (χ0v) is 16.2. The number of rotatable bonds is 7. The highest BCUT2D eigenvalue weighted by Gasteiger charge is 2.33. The summed E-state index contributed by atoms with van der Waals surface area (Å²) in [7, 11) is 1.54. The first-order valence-electron chi connectivity index (χ1n) is 9.61. The number of carbonyl (C=O) groups excluding carboxylic acids is 3. The summed E-state index contributed by atoms with van der Waals surface area (Å²) in [5, 5.41) is 5.15. The van der Waals surface area contributed by atoms with Gasteiger partial charge in [0.25, 0.3) is 0 Å². The maximum Gasteiger partial charge on any atom is 0.242 e. The van der Waals surface area contributed by atoms with Gasteiger partial charge in [0.2, 0.25) is 17.7 Å². The molecule has 1 aliphatic heterocycles. The van der Waals surface area contributed by atoms with Gasteiger partial charge >= 0.3 is 0 Å². The van der Waals surface area contributed by atoms with Gasteiger partial charge in [-0.1, -0.05) is 12.1 Å². The van der Waals surface area contributed by atoms with E-state index in [0.717, 1.165) is 6.42 Å². The number of likely N-dealkylation sites (tertiary alicyclic amines) is 1. The molecule has 2 aromatic rings. The van der Waals surface area contributed by atoms with Crippen LogP contribution in [-0.2, 0) is 20.8 Å². The molecule has 1 unspecified atom stereocenters. The number of halogens is 1. The van der Waals surface area contributed by atoms with Crippen LogP contribution in [0.5, 0.6) is 0 Å². The molecule has 0 saturated carbocycles. The Kier molecular flexibility index (Phi) is 6.64. The number of aryl methyl sites for hydroxylation is 1. The molecule has 8 heteroatoms. The van der Waals surface area contributed by atoms with Gasteiger partial charge < -0.3 is 20.0 Å². The van der Waals surface area contributed by atoms with E-state index in [1.165, 1.54) is 18.0 Å². The number of hydrogen-bond acceptors (Lipinski definition) is 4. The van der Waals surface area contributed by atoms with Gasteiger partial charge in [-0.25, -0.2) is 4.39 Å². The minimum atomic E-state index is -0.468. The summed E-state index contributed by atoms with van der Waals surface area (Å²) in [6, 6.07) is 9.22. The number of nitrogens with zero attached hydrogens (tertiary/aromatic N) is 1. The molecule has 2 heterocycles. The van der Waals surface area contributed by atoms with E-state index in [1.807, 2.05) is 0 Å². The Balaban J connectivity index is 1.46. The van der Waals surface area contributed by atoms with Gasteiger partial charge in [-0.05, 0) is 37.1 Å². The Bertz CT molecular complexity index is 896. The third-order valence-electron chi connectivity index (χ3n) is 4.96. The average Bonchev–Trinajstić information content (AvgIpc) is 3.40. The predicted octanol–water partition coefficient (Wildman–Crippen LogP) is 1.87. The number of likely N-dealkylation sites (N-methyl/N-ethyl adjacent to an activating group) is 1. The molecule has 1 fully saturated rings. The molecular weight excluding hydrogens is 377 g/mol. The van der Waals surface area contributed by atoms with Crippen molar-refractivity contribution in [3.8, 4) is 11.3 Å². The summed E-state index contributed by atoms with van der Waals surface area (Å²) < 4.78 is 19.4. The molecule has 0 bridgehead atoms. The highest BCUT2D eigenvalue weighted by molar-refractivity contribution is 5.90. The van der Waals surface area contributed by atoms with Crippen molar-refractivity contribution in [3.05, 3.63) is 48.0 Å². The summed E-state index contributed by atoms with van der Waals surface area (Å²) in [5.41, 5.74) is 0.366. The Labute approximate surface area is 168 Å². The van der Waals surface area contributed by atoms with Gasteiger partial charge in [-0.3, -0.25) is 14.4 Å². The zero-order valence-electron chi connectivity index (χ0n) is 16.2. The lowest BCUT2D eigenvalue weighted by atomic mass is 10.1. The molecule has 2 N–H and O–H groups in total. The second kappa shape index (κ2) is 9.36. The van der Waals surface area contributed by atoms with E-state index >= 15 is 0 Å². The number of nitrogens with one attached hydrogen (secondary N) is 2. The van der Waals surface area contributed by atoms with Gasteiger partial charge in [0, 0.05) is 26.4 Å². The van der Waals surface area contributed by atoms with Crippen molar-refractivity contribution >= 4 is 17.7 Å². The summed E-state index contributed by atoms with van der Waals surface area (Å²) in [4.78, 5) is 37.7. The van der Waals surface area contributed by atoms with Gasteiger partial charge in [0.15, 0.2) is 0 Å². The highest BCUT2D eigenvalue weighted by Crippen LogP contribution is 2.25. The van der Waals surface area contributed by atoms with Crippen LogP contribution >= 0.6 is 0 Å². The van der Waals surface area contributed by atoms with E-state index < -0.39 is 6.04 Å². The summed E-state index contributed by atoms with van der Waals surface area (Å²) >= 11 is 0. The smallest absolute Gasteiger partial charge is 0.242 e. The first-order valence-corrected chi connectivity index (χ1v) is 9.61. The molecule has 1 atom stereocenters. The SMILES string of the molecule is CNC(=O)C1CCCN1C(=O)CNC(=O)CCc1ccc(-c2ccccc2F)o1. The quantitative estimate of drug-likeness (QED) is 0.741. The number of furan rings is 1. The Morgan fingerprint density at radius 1 is 1.21 bits per heavy atom. The third kappa shape index (κ3) is 5.01. The number of benzene rings is 1. The van der Waals surface area contributed by atoms with Gasteiger partial charge in [0.1, 0.15) is 23.4 Å². The molecule has 1 aliphatic rings. The summed E-state index contributed by atoms with van der Waals surface area (Å²) in [6.45, 7) is 0.364. The lowest BCUT2D eigenvalue weighted by molar-refractivity contribution is -0.138. The molecule has 1 saturated heterocycles. The largest absolute Gasteiger partial charge is 0.461 e. The van der Waals surface area contributed by atoms with Crippen LogP contribution in [0.1, 0.15) is 25.0 Å². The number of carbonyl (C=O) groups is 3. The third-order valence-corrected chi connectivity index (χ3v) is 4.96. The minimum absolute atomic E-state index is 0.135. The van der Waals surface area contributed by atoms with Crippen LogP contribution in [0.2, 0.25) is 0 Å². The summed E-state index contributed by atoms with van der Waals surface area (Å²) in [6.07, 6.45) is 1.86. The van der Waals surface area contributed by atoms with Crippen LogP contribution in [0.25, 0.3) is 11.3 Å². The van der Waals surface area contributed by atoms with Crippen LogP contribution < -0.4 is 10.6 Å². The lowest BCUT2D eigenvalue weighted by Crippen LogP contribution is -2.48. The molecule has 3 amide bonds. The standard InChI is InChI=1S/C21H24FN3O4/c1-23-21(28)17-7-4-12-25(17)20(27)13-24-19(26)11-9-14-8-10-18(29-14)15-5-2-3-6-16(15)22/h2-3,5-6,8,10,17H,4,7,9,11-13H2,1H3,(H,23,28)(H,24,26). The molecule has 0 aliphatic carbocycles. The predicted molar refractivity (Wildman–Crippen MR) is 104 cm³/mol. The van der Waals surface area contributed by atoms with E-state index in [-0.39, 0.29) is 36.5 Å². The first kappa shape index (κ1) is 20.6. The Morgan fingerprint density at radius 3 is 2.76 bits per heavy atom. The van der Waals surface area contributed by atoms with Crippen molar-refractivity contribution in [1.82, 2.24) is 15.5 Å². The van der Waals surface area contributed by atoms with Crippen LogP contribution in [0.15, 0.2) is 40.8 Å². The number of amides is 3. The normalized spacial score (nSPS) is 15.9. The molecule has 154 valence electrons. The van der Waals surface area contributed by atoms with E-state index in [0.29, 0.717) is 36.5 Å². The molecule has 3 rings (SSSR count). The molecule has 1 aromatic heterocycles. The maximum absolute atomic E-state index is 13.8. The second-order valence-corrected chi connectivity index (χ2v) is 6.88. The van der Waals surface area contributed by atoms with Crippen LogP contribution in [0.4, 0.5) is 4.39 Å². The fraction of sp³-hybridized carbons (Fsp3) is 0.381. The Hall–Kier alpha value is -3.16. The Morgan fingerprint density at radius 2 is 2.00 bits per heavy atom. The molecular formula is C21H24FN3O4. The fourth-order valence-electron chi connectivity index (χ4n) is 3.42. The van der Waals surface area contributed by atoms with Crippen molar-refractivity contribution < 1.29 is 23.2 Å². The van der Waals surface area contributed by atoms with Crippen molar-refractivity contribution in [1.29, 1.82) is 0 Å². The molecule has 7 nitrogen and oxygen atoms in total. The van der Waals surface area contributed by atoms with Crippen molar-refractivity contribution in [2.75, 3.05) is 20.1 Å². The van der Waals surface area contributed by atoms with E-state index in [2.05, 4.69) is 10.6 Å². The topological polar surface area (TPSA) is 91.7 Å². The van der Waals surface area contributed by atoms with Crippen LogP contribution in [-0.4, -0.2) is 48.8 Å². The monoisotopic (exact) mass is 401 g/mol. The van der Waals surface area contributed by atoms with E-state index in [4.69, 9.17) is 4.42 Å². The fourth-order valence-corrected chi connectivity index (χ4v) is 3.42. The van der Waals surface area contributed by atoms with E-state index in [9.17, 15) is 18.8 Å². The van der Waals surface area contributed by atoms with Crippen LogP contribution in [0.3, 0.4) is 0 Å². The van der Waals surface area contributed by atoms with Crippen molar-refractivity contribution in [2.45, 2.75) is 31.7 Å². The van der Waals surface area contributed by atoms with E-state index in [1.54, 1.807) is 30.3 Å². The minimum Gasteiger partial charge on any atom is -0.461 e. The molecule has 29 heavy (non-hydrogen) atoms. The zero-order chi connectivity index (χ0) is 20.8. The van der Waals surface area contributed by atoms with Gasteiger partial charge in [-0.2, -0.15) is 0 Å². The number of hydrogen-bond donors (Lipinski definition) is 2. The average molecular weight is 401 g/mol. The lowest BCUT2D eigenvalue weighted by Gasteiger charge is -2.23. The van der Waals surface area contributed by atoms with Gasteiger partial charge in [0.05, 0.1) is 12.1 Å². The summed E-state index contributed by atoms with van der Waals surface area (Å²) in [5.74, 6) is -0.165. The molecule has 0 radical (unpaired) electrons. The first-order chi connectivity index (χ1) is 14.0. The van der Waals surface area contributed by atoms with Gasteiger partial charge in [-0.15, -0.1) is 0 Å². The molecule has 0 spiro atoms. The van der Waals surface area contributed by atoms with Crippen LogP contribution in [0, 0.1) is 5.82 Å². The van der Waals surface area contributed by atoms with Crippen molar-refractivity contribution in [2.24, 2.45) is 0 Å². The maximum atomic E-state index is 13.8. The second-order valence-electron chi connectivity index (χ2n) is 6.88. The highest BCUT2D eigenvalue weighted by atomic mass is 19.1. The van der Waals surface area contributed by atoms with Crippen molar-refractivity contribution in [3.63, 3.8) is 0 Å². The molecule has 1 aromatic carbocycles.